The van der Waals surface area contributed by atoms with Crippen molar-refractivity contribution in [3.8, 4) is 0 Å². The quantitative estimate of drug-likeness (QED) is 0.660. The first-order valence-electron chi connectivity index (χ1n) is 4.59. The summed E-state index contributed by atoms with van der Waals surface area (Å²) in [7, 11) is -3.03. The van der Waals surface area contributed by atoms with E-state index in [4.69, 9.17) is 4.74 Å². The largest absolute Gasteiger partial charge is 0.373 e. The average molecular weight is 207 g/mol. The molecule has 0 saturated carbocycles. The van der Waals surface area contributed by atoms with Gasteiger partial charge in [-0.1, -0.05) is 0 Å². The summed E-state index contributed by atoms with van der Waals surface area (Å²) in [5.74, 6) is 0.173. The Morgan fingerprint density at radius 3 is 2.15 bits per heavy atom. The van der Waals surface area contributed by atoms with Gasteiger partial charge in [-0.2, -0.15) is 4.31 Å². The first kappa shape index (κ1) is 10.9. The minimum Gasteiger partial charge on any atom is -0.373 e. The first-order valence-corrected chi connectivity index (χ1v) is 6.20. The predicted octanol–water partition coefficient (Wildman–Crippen LogP) is 0.445. The van der Waals surface area contributed by atoms with Gasteiger partial charge in [0.15, 0.2) is 0 Å². The SMILES string of the molecule is CCS(=O)(=O)N1C[C@@H](C)O[C@@H](C)C1. The molecule has 0 aromatic carbocycles. The third-order valence-corrected chi connectivity index (χ3v) is 3.96. The van der Waals surface area contributed by atoms with Crippen molar-refractivity contribution in [2.24, 2.45) is 0 Å². The van der Waals surface area contributed by atoms with E-state index in [1.807, 2.05) is 13.8 Å². The minimum atomic E-state index is -3.03. The number of hydrogen-bond acceptors (Lipinski definition) is 3. The van der Waals surface area contributed by atoms with Crippen LogP contribution in [-0.4, -0.2) is 43.8 Å². The maximum Gasteiger partial charge on any atom is 0.214 e. The molecular weight excluding hydrogens is 190 g/mol. The number of sulfonamides is 1. The lowest BCUT2D eigenvalue weighted by molar-refractivity contribution is -0.0440. The smallest absolute Gasteiger partial charge is 0.214 e. The molecule has 0 spiro atoms. The Balaban J connectivity index is 2.71. The molecule has 0 amide bonds. The molecule has 0 aliphatic carbocycles. The standard InChI is InChI=1S/C8H17NO3S/c1-4-13(10,11)9-5-7(2)12-8(3)6-9/h7-8H,4-6H2,1-3H3/t7-,8+. The van der Waals surface area contributed by atoms with Crippen molar-refractivity contribution < 1.29 is 13.2 Å². The van der Waals surface area contributed by atoms with Gasteiger partial charge in [0.05, 0.1) is 18.0 Å². The van der Waals surface area contributed by atoms with Gasteiger partial charge in [-0.25, -0.2) is 8.42 Å². The molecule has 1 aliphatic rings. The highest BCUT2D eigenvalue weighted by atomic mass is 32.2. The third kappa shape index (κ3) is 2.65. The predicted molar refractivity (Wildman–Crippen MR) is 51.0 cm³/mol. The van der Waals surface area contributed by atoms with Crippen molar-refractivity contribution in [2.75, 3.05) is 18.8 Å². The van der Waals surface area contributed by atoms with E-state index in [0.717, 1.165) is 0 Å². The number of nitrogens with zero attached hydrogens (tertiary/aromatic N) is 1. The molecule has 1 fully saturated rings. The van der Waals surface area contributed by atoms with E-state index in [-0.39, 0.29) is 18.0 Å². The Hall–Kier alpha value is -0.130. The fourth-order valence-corrected chi connectivity index (χ4v) is 2.78. The maximum absolute atomic E-state index is 11.5. The van der Waals surface area contributed by atoms with Gasteiger partial charge in [0.1, 0.15) is 0 Å². The molecule has 0 unspecified atom stereocenters. The van der Waals surface area contributed by atoms with Crippen LogP contribution in [0, 0.1) is 0 Å². The van der Waals surface area contributed by atoms with E-state index in [2.05, 4.69) is 0 Å². The molecule has 1 saturated heterocycles. The molecule has 1 aliphatic heterocycles. The Kier molecular flexibility index (Phi) is 3.32. The summed E-state index contributed by atoms with van der Waals surface area (Å²) < 4.78 is 30.0. The van der Waals surface area contributed by atoms with Gasteiger partial charge in [0, 0.05) is 13.1 Å². The first-order chi connectivity index (χ1) is 5.95. The molecule has 5 heteroatoms. The topological polar surface area (TPSA) is 46.6 Å². The molecular formula is C8H17NO3S. The monoisotopic (exact) mass is 207 g/mol. The normalized spacial score (nSPS) is 31.9. The molecule has 78 valence electrons. The van der Waals surface area contributed by atoms with Gasteiger partial charge in [-0.05, 0) is 20.8 Å². The molecule has 0 N–H and O–H groups in total. The lowest BCUT2D eigenvalue weighted by atomic mass is 10.3. The van der Waals surface area contributed by atoms with Crippen molar-refractivity contribution in [2.45, 2.75) is 33.0 Å². The minimum absolute atomic E-state index is 0.00470. The maximum atomic E-state index is 11.5. The van der Waals surface area contributed by atoms with Crippen molar-refractivity contribution in [3.05, 3.63) is 0 Å². The number of hydrogen-bond donors (Lipinski definition) is 0. The summed E-state index contributed by atoms with van der Waals surface area (Å²) in [6, 6.07) is 0. The third-order valence-electron chi connectivity index (χ3n) is 2.14. The molecule has 0 aromatic rings. The van der Waals surface area contributed by atoms with Crippen LogP contribution in [-0.2, 0) is 14.8 Å². The van der Waals surface area contributed by atoms with Crippen molar-refractivity contribution in [3.63, 3.8) is 0 Å². The van der Waals surface area contributed by atoms with Gasteiger partial charge in [-0.3, -0.25) is 0 Å². The van der Waals surface area contributed by atoms with Crippen molar-refractivity contribution in [1.82, 2.24) is 4.31 Å². The summed E-state index contributed by atoms with van der Waals surface area (Å²) in [5.41, 5.74) is 0. The van der Waals surface area contributed by atoms with Crippen LogP contribution in [0.3, 0.4) is 0 Å². The molecule has 13 heavy (non-hydrogen) atoms. The van der Waals surface area contributed by atoms with E-state index >= 15 is 0 Å². The Bertz CT molecular complexity index is 253. The lowest BCUT2D eigenvalue weighted by Crippen LogP contribution is -2.48. The van der Waals surface area contributed by atoms with Crippen LogP contribution in [0.1, 0.15) is 20.8 Å². The second kappa shape index (κ2) is 3.94. The fraction of sp³-hybridized carbons (Fsp3) is 1.00. The second-order valence-electron chi connectivity index (χ2n) is 3.47. The summed E-state index contributed by atoms with van der Waals surface area (Å²) >= 11 is 0. The van der Waals surface area contributed by atoms with E-state index < -0.39 is 10.0 Å². The van der Waals surface area contributed by atoms with Gasteiger partial charge in [0.25, 0.3) is 0 Å². The van der Waals surface area contributed by atoms with Gasteiger partial charge < -0.3 is 4.74 Å². The Morgan fingerprint density at radius 1 is 1.31 bits per heavy atom. The number of morpholine rings is 1. The van der Waals surface area contributed by atoms with Crippen LogP contribution in [0.15, 0.2) is 0 Å². The van der Waals surface area contributed by atoms with Gasteiger partial charge >= 0.3 is 0 Å². The van der Waals surface area contributed by atoms with E-state index in [1.54, 1.807) is 6.92 Å². The molecule has 0 radical (unpaired) electrons. The summed E-state index contributed by atoms with van der Waals surface area (Å²) in [6.07, 6.45) is 0.00940. The summed E-state index contributed by atoms with van der Waals surface area (Å²) in [6.45, 7) is 6.43. The van der Waals surface area contributed by atoms with Crippen LogP contribution in [0.5, 0.6) is 0 Å². The fourth-order valence-electron chi connectivity index (χ4n) is 1.54. The number of ether oxygens (including phenoxy) is 1. The molecule has 0 aromatic heterocycles. The van der Waals surface area contributed by atoms with Gasteiger partial charge in [-0.15, -0.1) is 0 Å². The van der Waals surface area contributed by atoms with Crippen LogP contribution >= 0.6 is 0 Å². The summed E-state index contributed by atoms with van der Waals surface area (Å²) in [4.78, 5) is 0. The van der Waals surface area contributed by atoms with E-state index in [9.17, 15) is 8.42 Å². The average Bonchev–Trinajstić information content (AvgIpc) is 2.02. The highest BCUT2D eigenvalue weighted by Gasteiger charge is 2.29. The zero-order chi connectivity index (χ0) is 10.1. The Morgan fingerprint density at radius 2 is 1.77 bits per heavy atom. The molecule has 1 heterocycles. The van der Waals surface area contributed by atoms with Crippen molar-refractivity contribution >= 4 is 10.0 Å². The van der Waals surface area contributed by atoms with E-state index in [0.29, 0.717) is 13.1 Å². The van der Waals surface area contributed by atoms with E-state index in [1.165, 1.54) is 4.31 Å². The Labute approximate surface area is 79.9 Å². The van der Waals surface area contributed by atoms with Crippen molar-refractivity contribution in [1.29, 1.82) is 0 Å². The molecule has 1 rings (SSSR count). The second-order valence-corrected chi connectivity index (χ2v) is 5.73. The highest BCUT2D eigenvalue weighted by Crippen LogP contribution is 2.14. The molecule has 0 bridgehead atoms. The zero-order valence-corrected chi connectivity index (χ0v) is 9.17. The highest BCUT2D eigenvalue weighted by molar-refractivity contribution is 7.89. The zero-order valence-electron chi connectivity index (χ0n) is 8.36. The van der Waals surface area contributed by atoms with Crippen LogP contribution in [0.25, 0.3) is 0 Å². The number of rotatable bonds is 2. The van der Waals surface area contributed by atoms with Crippen LogP contribution in [0.2, 0.25) is 0 Å². The molecule has 4 nitrogen and oxygen atoms in total. The van der Waals surface area contributed by atoms with Crippen LogP contribution in [0.4, 0.5) is 0 Å². The lowest BCUT2D eigenvalue weighted by Gasteiger charge is -2.34. The van der Waals surface area contributed by atoms with Gasteiger partial charge in [0.2, 0.25) is 10.0 Å². The summed E-state index contributed by atoms with van der Waals surface area (Å²) in [5, 5.41) is 0. The molecule has 2 atom stereocenters. The van der Waals surface area contributed by atoms with Crippen LogP contribution < -0.4 is 0 Å².